The normalized spacial score (nSPS) is 21.4. The van der Waals surface area contributed by atoms with Crippen LogP contribution in [-0.2, 0) is 10.9 Å². The fraction of sp³-hybridized carbons (Fsp3) is 0.435. The summed E-state index contributed by atoms with van der Waals surface area (Å²) in [5.74, 6) is 0.467. The van der Waals surface area contributed by atoms with E-state index in [0.717, 1.165) is 36.0 Å². The summed E-state index contributed by atoms with van der Waals surface area (Å²) in [6.07, 6.45) is -0.463. The first-order valence-electron chi connectivity index (χ1n) is 10.9. The molecule has 3 atom stereocenters. The van der Waals surface area contributed by atoms with Crippen LogP contribution in [0, 0.1) is 6.92 Å². The number of aryl methyl sites for hydroxylation is 1. The summed E-state index contributed by atoms with van der Waals surface area (Å²) < 4.78 is 45.5. The van der Waals surface area contributed by atoms with Crippen LogP contribution in [0.2, 0.25) is 0 Å². The van der Waals surface area contributed by atoms with Gasteiger partial charge in [-0.3, -0.25) is 4.98 Å². The van der Waals surface area contributed by atoms with Gasteiger partial charge in [0, 0.05) is 11.1 Å². The first-order valence-corrected chi connectivity index (χ1v) is 10.9. The van der Waals surface area contributed by atoms with E-state index >= 15 is 0 Å². The van der Waals surface area contributed by atoms with Gasteiger partial charge in [0.25, 0.3) is 0 Å². The zero-order chi connectivity index (χ0) is 23.3. The molecule has 5 rings (SSSR count). The van der Waals surface area contributed by atoms with Crippen molar-refractivity contribution in [3.05, 3.63) is 47.3 Å². The minimum absolute atomic E-state index is 0.0556. The average Bonchev–Trinajstić information content (AvgIpc) is 3.02. The number of morpholine rings is 1. The number of nitrogen functional groups attached to an aromatic ring is 1. The molecule has 0 amide bonds. The smallest absolute Gasteiger partial charge is 0.399 e. The molecule has 174 valence electrons. The SMILES string of the molecule is Cc1nnc(N[C@H](C)c2cc(N)cc(C(F)(F)F)c2)c2cc(N3C4CCC3COC4)cnc12. The van der Waals surface area contributed by atoms with Crippen molar-refractivity contribution in [2.45, 2.75) is 51.0 Å². The standard InChI is InChI=1S/C23H25F3N6O/c1-12(14-5-15(23(24,25)26)7-16(27)6-14)29-22-20-8-19(9-28-21(20)13(2)30-31-22)32-17-3-4-18(32)11-33-10-17/h5-9,12,17-18H,3-4,10-11,27H2,1-2H3,(H,29,31)/t12-,17?,18?/m1/s1. The molecule has 0 aliphatic carbocycles. The second-order valence-corrected chi connectivity index (χ2v) is 8.81. The van der Waals surface area contributed by atoms with E-state index in [2.05, 4.69) is 25.4 Å². The lowest BCUT2D eigenvalue weighted by atomic mass is 10.0. The van der Waals surface area contributed by atoms with Crippen LogP contribution in [0.15, 0.2) is 30.5 Å². The van der Waals surface area contributed by atoms with E-state index in [1.807, 2.05) is 19.2 Å². The number of nitrogens with one attached hydrogen (secondary N) is 1. The molecule has 2 fully saturated rings. The van der Waals surface area contributed by atoms with E-state index < -0.39 is 17.8 Å². The van der Waals surface area contributed by atoms with Crippen molar-refractivity contribution in [1.82, 2.24) is 15.2 Å². The third-order valence-electron chi connectivity index (χ3n) is 6.47. The second kappa shape index (κ2) is 8.02. The number of nitrogens with zero attached hydrogens (tertiary/aromatic N) is 4. The zero-order valence-corrected chi connectivity index (χ0v) is 18.4. The maximum absolute atomic E-state index is 13.3. The lowest BCUT2D eigenvalue weighted by Crippen LogP contribution is -2.45. The number of halogens is 3. The molecule has 3 aromatic rings. The van der Waals surface area contributed by atoms with Crippen LogP contribution < -0.4 is 16.0 Å². The number of anilines is 3. The van der Waals surface area contributed by atoms with Crippen LogP contribution in [0.1, 0.15) is 42.6 Å². The summed E-state index contributed by atoms with van der Waals surface area (Å²) in [5, 5.41) is 12.5. The molecule has 2 unspecified atom stereocenters. The quantitative estimate of drug-likeness (QED) is 0.558. The number of nitrogens with two attached hydrogens (primary N) is 1. The van der Waals surface area contributed by atoms with Crippen molar-refractivity contribution in [3.8, 4) is 0 Å². The number of benzene rings is 1. The summed E-state index contributed by atoms with van der Waals surface area (Å²) in [7, 11) is 0. The summed E-state index contributed by atoms with van der Waals surface area (Å²) in [5.41, 5.74) is 7.81. The topological polar surface area (TPSA) is 89.2 Å². The maximum atomic E-state index is 13.3. The van der Waals surface area contributed by atoms with Crippen LogP contribution in [0.3, 0.4) is 0 Å². The Hall–Kier alpha value is -3.14. The molecule has 2 bridgehead atoms. The van der Waals surface area contributed by atoms with Crippen molar-refractivity contribution in [1.29, 1.82) is 0 Å². The summed E-state index contributed by atoms with van der Waals surface area (Å²) in [6.45, 7) is 4.99. The van der Waals surface area contributed by atoms with Gasteiger partial charge < -0.3 is 20.7 Å². The molecule has 4 heterocycles. The number of rotatable bonds is 4. The van der Waals surface area contributed by atoms with Crippen LogP contribution in [0.4, 0.5) is 30.4 Å². The third-order valence-corrected chi connectivity index (χ3v) is 6.47. The predicted octanol–water partition coefficient (Wildman–Crippen LogP) is 4.47. The first kappa shape index (κ1) is 21.7. The number of aromatic nitrogens is 3. The van der Waals surface area contributed by atoms with E-state index in [0.29, 0.717) is 47.9 Å². The van der Waals surface area contributed by atoms with Gasteiger partial charge in [0.05, 0.1) is 60.0 Å². The van der Waals surface area contributed by atoms with Gasteiger partial charge in [-0.25, -0.2) is 0 Å². The molecule has 2 aromatic heterocycles. The van der Waals surface area contributed by atoms with Gasteiger partial charge in [-0.2, -0.15) is 18.3 Å². The molecule has 3 N–H and O–H groups in total. The molecular weight excluding hydrogens is 433 g/mol. The monoisotopic (exact) mass is 458 g/mol. The average molecular weight is 458 g/mol. The van der Waals surface area contributed by atoms with Gasteiger partial charge in [-0.1, -0.05) is 0 Å². The minimum Gasteiger partial charge on any atom is -0.399 e. The van der Waals surface area contributed by atoms with Gasteiger partial charge >= 0.3 is 6.18 Å². The van der Waals surface area contributed by atoms with Gasteiger partial charge in [0.1, 0.15) is 0 Å². The van der Waals surface area contributed by atoms with Crippen molar-refractivity contribution in [2.24, 2.45) is 0 Å². The lowest BCUT2D eigenvalue weighted by Gasteiger charge is -2.36. The maximum Gasteiger partial charge on any atom is 0.416 e. The fourth-order valence-corrected chi connectivity index (χ4v) is 4.83. The number of hydrogen-bond donors (Lipinski definition) is 2. The van der Waals surface area contributed by atoms with E-state index in [9.17, 15) is 13.2 Å². The Morgan fingerprint density at radius 3 is 2.55 bits per heavy atom. The van der Waals surface area contributed by atoms with Crippen molar-refractivity contribution >= 4 is 28.1 Å². The Kier molecular flexibility index (Phi) is 5.27. The molecule has 33 heavy (non-hydrogen) atoms. The van der Waals surface area contributed by atoms with Crippen LogP contribution in [0.25, 0.3) is 10.9 Å². The number of pyridine rings is 1. The highest BCUT2D eigenvalue weighted by atomic mass is 19.4. The zero-order valence-electron chi connectivity index (χ0n) is 18.4. The predicted molar refractivity (Wildman–Crippen MR) is 120 cm³/mol. The minimum atomic E-state index is -4.48. The first-order chi connectivity index (χ1) is 15.7. The number of hydrogen-bond acceptors (Lipinski definition) is 7. The molecule has 10 heteroatoms. The number of fused-ring (bicyclic) bond motifs is 3. The van der Waals surface area contributed by atoms with E-state index in [1.54, 1.807) is 6.92 Å². The van der Waals surface area contributed by atoms with Gasteiger partial charge in [0.15, 0.2) is 5.82 Å². The molecule has 0 spiro atoms. The Morgan fingerprint density at radius 1 is 1.12 bits per heavy atom. The number of alkyl halides is 3. The van der Waals surface area contributed by atoms with E-state index in [1.165, 1.54) is 6.07 Å². The van der Waals surface area contributed by atoms with Gasteiger partial charge in [-0.15, -0.1) is 5.10 Å². The highest BCUT2D eigenvalue weighted by Gasteiger charge is 2.37. The molecule has 0 radical (unpaired) electrons. The Bertz CT molecular complexity index is 1180. The molecule has 2 aliphatic rings. The largest absolute Gasteiger partial charge is 0.416 e. The van der Waals surface area contributed by atoms with E-state index in [-0.39, 0.29) is 5.69 Å². The van der Waals surface area contributed by atoms with Crippen molar-refractivity contribution < 1.29 is 17.9 Å². The third kappa shape index (κ3) is 4.03. The highest BCUT2D eigenvalue weighted by molar-refractivity contribution is 5.92. The van der Waals surface area contributed by atoms with Crippen LogP contribution in [0.5, 0.6) is 0 Å². The van der Waals surface area contributed by atoms with Crippen LogP contribution >= 0.6 is 0 Å². The molecule has 7 nitrogen and oxygen atoms in total. The van der Waals surface area contributed by atoms with Crippen LogP contribution in [-0.4, -0.2) is 40.5 Å². The Labute approximate surface area is 189 Å². The van der Waals surface area contributed by atoms with Gasteiger partial charge in [-0.05, 0) is 56.5 Å². The summed E-state index contributed by atoms with van der Waals surface area (Å²) in [4.78, 5) is 7.03. The lowest BCUT2D eigenvalue weighted by molar-refractivity contribution is -0.137. The molecule has 1 aromatic carbocycles. The Morgan fingerprint density at radius 2 is 1.85 bits per heavy atom. The van der Waals surface area contributed by atoms with E-state index in [4.69, 9.17) is 10.5 Å². The molecule has 0 saturated carbocycles. The van der Waals surface area contributed by atoms with Gasteiger partial charge in [0.2, 0.25) is 0 Å². The fourth-order valence-electron chi connectivity index (χ4n) is 4.83. The summed E-state index contributed by atoms with van der Waals surface area (Å²) in [6, 6.07) is 5.77. The molecular formula is C23H25F3N6O. The Balaban J connectivity index is 1.51. The molecule has 2 saturated heterocycles. The summed E-state index contributed by atoms with van der Waals surface area (Å²) >= 11 is 0. The van der Waals surface area contributed by atoms with Crippen molar-refractivity contribution in [3.63, 3.8) is 0 Å². The van der Waals surface area contributed by atoms with Crippen molar-refractivity contribution in [2.75, 3.05) is 29.2 Å². The molecule has 2 aliphatic heterocycles. The number of ether oxygens (including phenoxy) is 1. The second-order valence-electron chi connectivity index (χ2n) is 8.81. The highest BCUT2D eigenvalue weighted by Crippen LogP contribution is 2.37.